The zero-order valence-corrected chi connectivity index (χ0v) is 17.6. The smallest absolute Gasteiger partial charge is 0.146 e. The van der Waals surface area contributed by atoms with Crippen LogP contribution in [0.25, 0.3) is 16.7 Å². The fourth-order valence-electron chi connectivity index (χ4n) is 2.68. The molecule has 0 saturated carbocycles. The Morgan fingerprint density at radius 1 is 1.04 bits per heavy atom. The van der Waals surface area contributed by atoms with Crippen molar-refractivity contribution in [3.8, 4) is 11.4 Å². The van der Waals surface area contributed by atoms with E-state index in [-0.39, 0.29) is 11.2 Å². The summed E-state index contributed by atoms with van der Waals surface area (Å²) in [6, 6.07) is 9.24. The molecule has 0 spiro atoms. The first kappa shape index (κ1) is 21.2. The number of hydrogen-bond donors (Lipinski definition) is 1. The van der Waals surface area contributed by atoms with E-state index in [1.807, 2.05) is 39.0 Å². The average molecular weight is 390 g/mol. The summed E-state index contributed by atoms with van der Waals surface area (Å²) in [5.74, 6) is 0.213. The molecule has 3 rings (SSSR count). The van der Waals surface area contributed by atoms with E-state index in [9.17, 15) is 5.11 Å². The number of hydrogen-bond acceptors (Lipinski definition) is 4. The Morgan fingerprint density at radius 3 is 2.22 bits per heavy atom. The molecule has 1 heterocycles. The number of phenols is 1. The molecule has 0 fully saturated rings. The fourth-order valence-corrected chi connectivity index (χ4v) is 2.85. The molecule has 3 aromatic rings. The summed E-state index contributed by atoms with van der Waals surface area (Å²) in [7, 11) is 0. The number of aromatic hydroxyl groups is 1. The minimum Gasteiger partial charge on any atom is -0.505 e. The molecule has 27 heavy (non-hydrogen) atoms. The number of phenolic OH excluding ortho intramolecular Hbond substituents is 1. The molecule has 1 aromatic heterocycles. The number of fused-ring (bicyclic) bond motifs is 1. The van der Waals surface area contributed by atoms with E-state index in [1.54, 1.807) is 12.1 Å². The maximum Gasteiger partial charge on any atom is 0.146 e. The van der Waals surface area contributed by atoms with Gasteiger partial charge in [0.05, 0.1) is 0 Å². The van der Waals surface area contributed by atoms with Gasteiger partial charge in [-0.3, -0.25) is 0 Å². The van der Waals surface area contributed by atoms with E-state index < -0.39 is 0 Å². The third-order valence-electron chi connectivity index (χ3n) is 4.01. The predicted molar refractivity (Wildman–Crippen MR) is 111 cm³/mol. The molecule has 0 aliphatic carbocycles. The van der Waals surface area contributed by atoms with Gasteiger partial charge in [0.2, 0.25) is 0 Å². The van der Waals surface area contributed by atoms with Gasteiger partial charge in [0, 0.05) is 23.8 Å². The number of ether oxygens (including phenoxy) is 1. The molecule has 5 nitrogen and oxygen atoms in total. The molecule has 6 heteroatoms. The SMILES string of the molecule is CCOCC.Cc1cc(-n2nc3ccc(Cl)cc3n2)c(O)c(C(C)(C)C)c1. The second-order valence-corrected chi connectivity index (χ2v) is 7.77. The predicted octanol–water partition coefficient (Wildman–Crippen LogP) is 5.43. The minimum atomic E-state index is -0.166. The molecular weight excluding hydrogens is 362 g/mol. The number of nitrogens with zero attached hydrogens (tertiary/aromatic N) is 3. The first-order valence-corrected chi connectivity index (χ1v) is 9.50. The zero-order valence-electron chi connectivity index (χ0n) is 16.9. The molecule has 0 amide bonds. The normalized spacial score (nSPS) is 11.4. The van der Waals surface area contributed by atoms with Crippen molar-refractivity contribution in [1.82, 2.24) is 15.0 Å². The zero-order chi connectivity index (χ0) is 20.2. The Balaban J connectivity index is 0.000000465. The van der Waals surface area contributed by atoms with Crippen LogP contribution < -0.4 is 0 Å². The molecule has 0 aliphatic rings. The molecule has 146 valence electrons. The van der Waals surface area contributed by atoms with Gasteiger partial charge in [-0.2, -0.15) is 0 Å². The van der Waals surface area contributed by atoms with Crippen molar-refractivity contribution in [2.75, 3.05) is 13.2 Å². The summed E-state index contributed by atoms with van der Waals surface area (Å²) < 4.78 is 4.83. The summed E-state index contributed by atoms with van der Waals surface area (Å²) in [6.45, 7) is 13.9. The highest BCUT2D eigenvalue weighted by Crippen LogP contribution is 2.36. The first-order chi connectivity index (χ1) is 12.7. The van der Waals surface area contributed by atoms with E-state index in [1.165, 1.54) is 4.80 Å². The van der Waals surface area contributed by atoms with Crippen molar-refractivity contribution >= 4 is 22.6 Å². The van der Waals surface area contributed by atoms with Crippen LogP contribution >= 0.6 is 11.6 Å². The van der Waals surface area contributed by atoms with Gasteiger partial charge < -0.3 is 9.84 Å². The summed E-state index contributed by atoms with van der Waals surface area (Å²) in [6.07, 6.45) is 0. The Bertz CT molecular complexity index is 912. The van der Waals surface area contributed by atoms with Gasteiger partial charge >= 0.3 is 0 Å². The van der Waals surface area contributed by atoms with Gasteiger partial charge in [-0.25, -0.2) is 0 Å². The van der Waals surface area contributed by atoms with E-state index in [2.05, 4.69) is 31.0 Å². The molecule has 0 atom stereocenters. The Kier molecular flexibility index (Phi) is 6.84. The maximum absolute atomic E-state index is 10.7. The molecule has 0 radical (unpaired) electrons. The topological polar surface area (TPSA) is 60.2 Å². The highest BCUT2D eigenvalue weighted by Gasteiger charge is 2.22. The summed E-state index contributed by atoms with van der Waals surface area (Å²) in [4.78, 5) is 1.47. The Morgan fingerprint density at radius 2 is 1.67 bits per heavy atom. The van der Waals surface area contributed by atoms with E-state index in [4.69, 9.17) is 16.3 Å². The highest BCUT2D eigenvalue weighted by atomic mass is 35.5. The van der Waals surface area contributed by atoms with Crippen molar-refractivity contribution in [2.45, 2.75) is 47.0 Å². The third-order valence-corrected chi connectivity index (χ3v) is 4.24. The molecule has 0 aliphatic heterocycles. The van der Waals surface area contributed by atoms with Crippen LogP contribution in [0.3, 0.4) is 0 Å². The van der Waals surface area contributed by atoms with Crippen LogP contribution in [0.4, 0.5) is 0 Å². The molecule has 0 saturated heterocycles. The number of aromatic nitrogens is 3. The second kappa shape index (κ2) is 8.72. The number of rotatable bonds is 3. The lowest BCUT2D eigenvalue weighted by Crippen LogP contribution is -2.13. The number of aryl methyl sites for hydroxylation is 1. The number of benzene rings is 2. The van der Waals surface area contributed by atoms with Crippen LogP contribution in [0.15, 0.2) is 30.3 Å². The van der Waals surface area contributed by atoms with Crippen LogP contribution in [-0.4, -0.2) is 33.3 Å². The molecule has 0 unspecified atom stereocenters. The van der Waals surface area contributed by atoms with Gasteiger partial charge in [0.25, 0.3) is 0 Å². The van der Waals surface area contributed by atoms with Gasteiger partial charge in [-0.15, -0.1) is 15.0 Å². The van der Waals surface area contributed by atoms with E-state index >= 15 is 0 Å². The lowest BCUT2D eigenvalue weighted by molar-refractivity contribution is 0.162. The standard InChI is InChI=1S/C17H18ClN3O.C4H10O/c1-10-7-12(17(2,3)4)16(22)15(8-10)21-19-13-6-5-11(18)9-14(13)20-21;1-3-5-4-2/h5-9,22H,1-4H3;3-4H2,1-2H3. The fraction of sp³-hybridized carbons (Fsp3) is 0.429. The molecule has 2 aromatic carbocycles. The van der Waals surface area contributed by atoms with Gasteiger partial charge in [0.15, 0.2) is 0 Å². The molecule has 0 bridgehead atoms. The molecule has 1 N–H and O–H groups in total. The summed E-state index contributed by atoms with van der Waals surface area (Å²) in [5.41, 5.74) is 3.78. The minimum absolute atomic E-state index is 0.166. The van der Waals surface area contributed by atoms with Crippen LogP contribution in [-0.2, 0) is 10.2 Å². The van der Waals surface area contributed by atoms with Crippen molar-refractivity contribution in [1.29, 1.82) is 0 Å². The Labute approximate surface area is 165 Å². The van der Waals surface area contributed by atoms with Gasteiger partial charge in [0.1, 0.15) is 22.5 Å². The van der Waals surface area contributed by atoms with Gasteiger partial charge in [-0.05, 0) is 56.0 Å². The second-order valence-electron chi connectivity index (χ2n) is 7.33. The van der Waals surface area contributed by atoms with Crippen molar-refractivity contribution in [3.05, 3.63) is 46.5 Å². The van der Waals surface area contributed by atoms with Crippen LogP contribution in [0.5, 0.6) is 5.75 Å². The monoisotopic (exact) mass is 389 g/mol. The summed E-state index contributed by atoms with van der Waals surface area (Å²) >= 11 is 5.99. The third kappa shape index (κ3) is 5.21. The van der Waals surface area contributed by atoms with Crippen molar-refractivity contribution in [2.24, 2.45) is 0 Å². The maximum atomic E-state index is 10.7. The lowest BCUT2D eigenvalue weighted by atomic mass is 9.85. The average Bonchev–Trinajstić information content (AvgIpc) is 2.99. The van der Waals surface area contributed by atoms with E-state index in [0.717, 1.165) is 29.9 Å². The Hall–Kier alpha value is -2.11. The van der Waals surface area contributed by atoms with Crippen LogP contribution in [0.1, 0.15) is 45.7 Å². The van der Waals surface area contributed by atoms with Gasteiger partial charge in [-0.1, -0.05) is 38.4 Å². The molecular formula is C21H28ClN3O2. The van der Waals surface area contributed by atoms with Crippen molar-refractivity contribution in [3.63, 3.8) is 0 Å². The number of halogens is 1. The van der Waals surface area contributed by atoms with Crippen LogP contribution in [0.2, 0.25) is 5.02 Å². The van der Waals surface area contributed by atoms with Crippen LogP contribution in [0, 0.1) is 6.92 Å². The quantitative estimate of drug-likeness (QED) is 0.648. The van der Waals surface area contributed by atoms with Crippen molar-refractivity contribution < 1.29 is 9.84 Å². The lowest BCUT2D eigenvalue weighted by Gasteiger charge is -2.22. The summed E-state index contributed by atoms with van der Waals surface area (Å²) in [5, 5.41) is 20.1. The highest BCUT2D eigenvalue weighted by molar-refractivity contribution is 6.31. The largest absolute Gasteiger partial charge is 0.505 e. The van der Waals surface area contributed by atoms with E-state index in [0.29, 0.717) is 16.2 Å². The first-order valence-electron chi connectivity index (χ1n) is 9.12.